The van der Waals surface area contributed by atoms with Gasteiger partial charge in [0.25, 0.3) is 5.91 Å². The molecule has 2 atom stereocenters. The van der Waals surface area contributed by atoms with Gasteiger partial charge in [-0.1, -0.05) is 12.0 Å². The highest BCUT2D eigenvalue weighted by Crippen LogP contribution is 2.42. The van der Waals surface area contributed by atoms with Crippen LogP contribution in [0.1, 0.15) is 16.8 Å². The van der Waals surface area contributed by atoms with Crippen LogP contribution in [0.3, 0.4) is 0 Å². The third-order valence-electron chi connectivity index (χ3n) is 5.18. The van der Waals surface area contributed by atoms with Gasteiger partial charge < -0.3 is 14.7 Å². The molecule has 9 heteroatoms. The van der Waals surface area contributed by atoms with E-state index in [1.165, 1.54) is 29.2 Å². The molecule has 0 unspecified atom stereocenters. The minimum atomic E-state index is -3.83. The maximum absolute atomic E-state index is 12.9. The molecular formula is C18H20N2O6S. The van der Waals surface area contributed by atoms with Gasteiger partial charge >= 0.3 is 5.97 Å². The van der Waals surface area contributed by atoms with Crippen molar-refractivity contribution in [1.29, 1.82) is 0 Å². The first-order chi connectivity index (χ1) is 12.8. The lowest BCUT2D eigenvalue weighted by Gasteiger charge is -2.33. The zero-order valence-corrected chi connectivity index (χ0v) is 15.4. The molecule has 144 valence electrons. The van der Waals surface area contributed by atoms with Crippen LogP contribution in [0.15, 0.2) is 29.2 Å². The Hall–Kier alpha value is -2.41. The minimum absolute atomic E-state index is 0.0727. The number of nitrogens with zero attached hydrogens (tertiary/aromatic N) is 1. The molecule has 0 spiro atoms. The number of amides is 1. The molecule has 0 radical (unpaired) electrons. The Morgan fingerprint density at radius 2 is 2.22 bits per heavy atom. The molecule has 2 heterocycles. The summed E-state index contributed by atoms with van der Waals surface area (Å²) < 4.78 is 32.0. The molecule has 0 saturated carbocycles. The van der Waals surface area contributed by atoms with Crippen LogP contribution >= 0.6 is 0 Å². The van der Waals surface area contributed by atoms with Crippen molar-refractivity contribution in [3.05, 3.63) is 29.8 Å². The van der Waals surface area contributed by atoms with Crippen molar-refractivity contribution < 1.29 is 27.9 Å². The molecule has 2 saturated heterocycles. The van der Waals surface area contributed by atoms with Crippen molar-refractivity contribution in [3.8, 4) is 12.3 Å². The first kappa shape index (κ1) is 19.4. The van der Waals surface area contributed by atoms with E-state index >= 15 is 0 Å². The summed E-state index contributed by atoms with van der Waals surface area (Å²) in [5, 5.41) is 9.71. The van der Waals surface area contributed by atoms with Gasteiger partial charge in [-0.25, -0.2) is 8.42 Å². The van der Waals surface area contributed by atoms with E-state index in [0.29, 0.717) is 19.6 Å². The Balaban J connectivity index is 1.84. The van der Waals surface area contributed by atoms with Crippen LogP contribution < -0.4 is 4.72 Å². The first-order valence-corrected chi connectivity index (χ1v) is 9.92. The quantitative estimate of drug-likeness (QED) is 0.691. The number of carboxylic acid groups (broad SMARTS) is 1. The molecule has 1 aromatic rings. The fourth-order valence-electron chi connectivity index (χ4n) is 3.65. The van der Waals surface area contributed by atoms with E-state index in [4.69, 9.17) is 11.2 Å². The van der Waals surface area contributed by atoms with Crippen molar-refractivity contribution in [1.82, 2.24) is 9.62 Å². The number of carbonyl (C=O) groups excluding carboxylic acids is 1. The number of nitrogens with one attached hydrogen (secondary N) is 1. The standard InChI is InChI=1S/C18H20N2O6S/c1-2-7-19-27(24,25)15-5-3-4-13(9-15)16(21)20-10-14-11-26-8-6-18(14,12-20)17(22)23/h1,3-5,9,14,19H,6-8,10-12H2,(H,22,23)/t14-,18+/m0/s1. The van der Waals surface area contributed by atoms with Crippen LogP contribution in [0.5, 0.6) is 0 Å². The Morgan fingerprint density at radius 1 is 1.44 bits per heavy atom. The molecule has 2 aliphatic rings. The van der Waals surface area contributed by atoms with E-state index in [1.807, 2.05) is 0 Å². The number of ether oxygens (including phenoxy) is 1. The number of sulfonamides is 1. The number of hydrogen-bond acceptors (Lipinski definition) is 5. The lowest BCUT2D eigenvalue weighted by atomic mass is 9.74. The SMILES string of the molecule is C#CCNS(=O)(=O)c1cccc(C(=O)N2C[C@H]3COCC[C@@]3(C(=O)O)C2)c1. The number of carboxylic acids is 1. The van der Waals surface area contributed by atoms with Gasteiger partial charge in [0.15, 0.2) is 0 Å². The lowest BCUT2D eigenvalue weighted by Crippen LogP contribution is -2.45. The second kappa shape index (κ2) is 7.31. The summed E-state index contributed by atoms with van der Waals surface area (Å²) in [5.74, 6) is 0.572. The highest BCUT2D eigenvalue weighted by atomic mass is 32.2. The third-order valence-corrected chi connectivity index (χ3v) is 6.57. The number of carbonyl (C=O) groups is 2. The highest BCUT2D eigenvalue weighted by Gasteiger charge is 2.54. The van der Waals surface area contributed by atoms with Crippen molar-refractivity contribution in [2.24, 2.45) is 11.3 Å². The monoisotopic (exact) mass is 392 g/mol. The number of benzene rings is 1. The third kappa shape index (κ3) is 3.56. The largest absolute Gasteiger partial charge is 0.481 e. The number of terminal acetylenes is 1. The molecule has 0 bridgehead atoms. The molecule has 1 aromatic carbocycles. The fourth-order valence-corrected chi connectivity index (χ4v) is 4.63. The summed E-state index contributed by atoms with van der Waals surface area (Å²) in [7, 11) is -3.83. The summed E-state index contributed by atoms with van der Waals surface area (Å²) >= 11 is 0. The van der Waals surface area contributed by atoms with Gasteiger partial charge in [-0.2, -0.15) is 4.72 Å². The van der Waals surface area contributed by atoms with Crippen LogP contribution in [0.25, 0.3) is 0 Å². The predicted molar refractivity (Wildman–Crippen MR) is 95.4 cm³/mol. The topological polar surface area (TPSA) is 113 Å². The van der Waals surface area contributed by atoms with Gasteiger partial charge in [-0.15, -0.1) is 6.42 Å². The number of likely N-dealkylation sites (tertiary alicyclic amines) is 1. The number of hydrogen-bond donors (Lipinski definition) is 2. The summed E-state index contributed by atoms with van der Waals surface area (Å²) in [5.41, 5.74) is -0.829. The van der Waals surface area contributed by atoms with Gasteiger partial charge in [0.2, 0.25) is 10.0 Å². The van der Waals surface area contributed by atoms with Crippen LogP contribution in [-0.4, -0.2) is 63.1 Å². The number of rotatable bonds is 5. The predicted octanol–water partition coefficient (Wildman–Crippen LogP) is 0.161. The molecule has 2 fully saturated rings. The van der Waals surface area contributed by atoms with Crippen molar-refractivity contribution >= 4 is 21.9 Å². The van der Waals surface area contributed by atoms with E-state index < -0.39 is 27.3 Å². The van der Waals surface area contributed by atoms with Gasteiger partial charge in [0.05, 0.1) is 23.5 Å². The second-order valence-electron chi connectivity index (χ2n) is 6.73. The van der Waals surface area contributed by atoms with Crippen LogP contribution in [-0.2, 0) is 19.6 Å². The summed E-state index contributed by atoms with van der Waals surface area (Å²) in [6.45, 7) is 0.828. The maximum Gasteiger partial charge on any atom is 0.311 e. The zero-order valence-electron chi connectivity index (χ0n) is 14.6. The van der Waals surface area contributed by atoms with E-state index in [9.17, 15) is 23.1 Å². The molecule has 0 aliphatic carbocycles. The highest BCUT2D eigenvalue weighted by molar-refractivity contribution is 7.89. The number of fused-ring (bicyclic) bond motifs is 1. The van der Waals surface area contributed by atoms with Crippen molar-refractivity contribution in [2.45, 2.75) is 11.3 Å². The Kier molecular flexibility index (Phi) is 5.24. The minimum Gasteiger partial charge on any atom is -0.481 e. The smallest absolute Gasteiger partial charge is 0.311 e. The van der Waals surface area contributed by atoms with E-state index in [2.05, 4.69) is 10.6 Å². The van der Waals surface area contributed by atoms with E-state index in [1.54, 1.807) is 0 Å². The normalized spacial score (nSPS) is 24.9. The maximum atomic E-state index is 12.9. The molecule has 1 amide bonds. The summed E-state index contributed by atoms with van der Waals surface area (Å²) in [4.78, 5) is 26.1. The van der Waals surface area contributed by atoms with Crippen LogP contribution in [0.2, 0.25) is 0 Å². The molecular weight excluding hydrogens is 372 g/mol. The molecule has 2 N–H and O–H groups in total. The van der Waals surface area contributed by atoms with Crippen molar-refractivity contribution in [3.63, 3.8) is 0 Å². The van der Waals surface area contributed by atoms with Crippen molar-refractivity contribution in [2.75, 3.05) is 32.8 Å². The molecule has 8 nitrogen and oxygen atoms in total. The van der Waals surface area contributed by atoms with E-state index in [-0.39, 0.29) is 36.0 Å². The Morgan fingerprint density at radius 3 is 2.89 bits per heavy atom. The molecule has 2 aliphatic heterocycles. The van der Waals surface area contributed by atoms with Gasteiger partial charge in [-0.05, 0) is 24.6 Å². The fraction of sp³-hybridized carbons (Fsp3) is 0.444. The van der Waals surface area contributed by atoms with Gasteiger partial charge in [0, 0.05) is 31.2 Å². The summed E-state index contributed by atoms with van der Waals surface area (Å²) in [6.07, 6.45) is 5.42. The van der Waals surface area contributed by atoms with Crippen LogP contribution in [0, 0.1) is 23.7 Å². The average molecular weight is 392 g/mol. The van der Waals surface area contributed by atoms with Gasteiger partial charge in [0.1, 0.15) is 0 Å². The van der Waals surface area contributed by atoms with Crippen LogP contribution in [0.4, 0.5) is 0 Å². The Bertz CT molecular complexity index is 907. The first-order valence-electron chi connectivity index (χ1n) is 8.44. The Labute approximate surface area is 157 Å². The second-order valence-corrected chi connectivity index (χ2v) is 8.49. The number of aliphatic carboxylic acids is 1. The molecule has 27 heavy (non-hydrogen) atoms. The van der Waals surface area contributed by atoms with Gasteiger partial charge in [-0.3, -0.25) is 9.59 Å². The average Bonchev–Trinajstić information content (AvgIpc) is 3.07. The zero-order chi connectivity index (χ0) is 19.7. The van der Waals surface area contributed by atoms with E-state index in [0.717, 1.165) is 0 Å². The lowest BCUT2D eigenvalue weighted by molar-refractivity contribution is -0.157. The molecule has 3 rings (SSSR count). The molecule has 0 aromatic heterocycles. The summed E-state index contributed by atoms with van der Waals surface area (Å²) in [6, 6.07) is 5.62.